The van der Waals surface area contributed by atoms with Crippen LogP contribution in [0.2, 0.25) is 0 Å². The molecule has 7 aromatic carbocycles. The molecule has 0 spiro atoms. The number of hydrogen-bond acceptors (Lipinski definition) is 3. The van der Waals surface area contributed by atoms with Crippen LogP contribution in [0.1, 0.15) is 25.0 Å². The molecule has 3 heteroatoms. The Hall–Kier alpha value is -5.93. The average molecular weight is 603 g/mol. The van der Waals surface area contributed by atoms with E-state index in [0.29, 0.717) is 0 Å². The van der Waals surface area contributed by atoms with Gasteiger partial charge >= 0.3 is 0 Å². The molecule has 1 aliphatic rings. The summed E-state index contributed by atoms with van der Waals surface area (Å²) in [6, 6.07) is 52.3. The molecule has 0 aliphatic carbocycles. The third-order valence-electron chi connectivity index (χ3n) is 10.2. The van der Waals surface area contributed by atoms with Crippen LogP contribution in [0, 0.1) is 0 Å². The number of furan rings is 1. The van der Waals surface area contributed by atoms with E-state index in [1.165, 1.54) is 32.7 Å². The van der Waals surface area contributed by atoms with Gasteiger partial charge in [0.1, 0.15) is 17.0 Å². The summed E-state index contributed by atoms with van der Waals surface area (Å²) in [7, 11) is 0. The molecular weight excluding hydrogens is 572 g/mol. The van der Waals surface area contributed by atoms with Crippen LogP contribution in [0.3, 0.4) is 0 Å². The highest BCUT2D eigenvalue weighted by Crippen LogP contribution is 2.52. The number of aromatic nitrogens is 1. The van der Waals surface area contributed by atoms with Crippen molar-refractivity contribution in [1.29, 1.82) is 0 Å². The molecule has 3 heterocycles. The van der Waals surface area contributed by atoms with E-state index in [1.54, 1.807) is 0 Å². The van der Waals surface area contributed by atoms with Crippen LogP contribution < -0.4 is 4.90 Å². The molecule has 222 valence electrons. The van der Waals surface area contributed by atoms with Crippen molar-refractivity contribution < 1.29 is 4.42 Å². The highest BCUT2D eigenvalue weighted by atomic mass is 16.3. The Labute approximate surface area is 272 Å². The molecule has 0 amide bonds. The van der Waals surface area contributed by atoms with Gasteiger partial charge in [-0.25, -0.2) is 4.98 Å². The summed E-state index contributed by atoms with van der Waals surface area (Å²) in [5.74, 6) is 0.888. The zero-order valence-electron chi connectivity index (χ0n) is 26.2. The first-order valence-electron chi connectivity index (χ1n) is 16.2. The third kappa shape index (κ3) is 3.77. The van der Waals surface area contributed by atoms with E-state index < -0.39 is 0 Å². The summed E-state index contributed by atoms with van der Waals surface area (Å²) in [6.45, 7) is 4.64. The molecule has 10 rings (SSSR count). The predicted octanol–water partition coefficient (Wildman–Crippen LogP) is 12.2. The van der Waals surface area contributed by atoms with Gasteiger partial charge in [0.25, 0.3) is 0 Å². The van der Waals surface area contributed by atoms with Gasteiger partial charge < -0.3 is 4.42 Å². The van der Waals surface area contributed by atoms with Gasteiger partial charge in [0, 0.05) is 27.1 Å². The molecule has 0 radical (unpaired) electrons. The predicted molar refractivity (Wildman–Crippen MR) is 196 cm³/mol. The standard InChI is InChI=1S/C44H30N2O/c1-44(2)35-15-7-9-17-37(35)46(38-18-10-8-16-36(38)44)41-26-33-32(43(45-41)31-20-19-27-11-3-4-12-28(27)23-31)21-22-39-42(33)34-24-29-13-5-6-14-30(29)25-40(34)47-39/h3-26H,1-2H3. The number of fused-ring (bicyclic) bond motifs is 9. The summed E-state index contributed by atoms with van der Waals surface area (Å²) >= 11 is 0. The van der Waals surface area contributed by atoms with Gasteiger partial charge in [-0.05, 0) is 86.6 Å². The lowest BCUT2D eigenvalue weighted by Gasteiger charge is -2.41. The van der Waals surface area contributed by atoms with Crippen molar-refractivity contribution in [1.82, 2.24) is 4.98 Å². The summed E-state index contributed by atoms with van der Waals surface area (Å²) in [6.07, 6.45) is 0. The zero-order chi connectivity index (χ0) is 31.3. The van der Waals surface area contributed by atoms with E-state index in [9.17, 15) is 0 Å². The Morgan fingerprint density at radius 1 is 0.511 bits per heavy atom. The van der Waals surface area contributed by atoms with Gasteiger partial charge in [-0.1, -0.05) is 111 Å². The van der Waals surface area contributed by atoms with Crippen molar-refractivity contribution in [3.8, 4) is 11.3 Å². The fraction of sp³-hybridized carbons (Fsp3) is 0.0682. The maximum absolute atomic E-state index is 6.56. The SMILES string of the molecule is CC1(C)c2ccccc2N(c2cc3c(ccc4oc5cc6ccccc6cc5c43)c(-c3ccc4ccccc4c3)n2)c2ccccc21. The molecule has 47 heavy (non-hydrogen) atoms. The second-order valence-electron chi connectivity index (χ2n) is 13.2. The summed E-state index contributed by atoms with van der Waals surface area (Å²) in [4.78, 5) is 7.92. The van der Waals surface area contributed by atoms with Crippen LogP contribution >= 0.6 is 0 Å². The zero-order valence-corrected chi connectivity index (χ0v) is 26.2. The highest BCUT2D eigenvalue weighted by molar-refractivity contribution is 6.23. The van der Waals surface area contributed by atoms with Gasteiger partial charge in [-0.3, -0.25) is 4.90 Å². The van der Waals surface area contributed by atoms with Gasteiger partial charge in [-0.15, -0.1) is 0 Å². The molecule has 1 aliphatic heterocycles. The lowest BCUT2D eigenvalue weighted by atomic mass is 9.73. The lowest BCUT2D eigenvalue weighted by Crippen LogP contribution is -2.30. The summed E-state index contributed by atoms with van der Waals surface area (Å²) < 4.78 is 6.56. The molecule has 0 saturated heterocycles. The van der Waals surface area contributed by atoms with Crippen molar-refractivity contribution in [3.05, 3.63) is 157 Å². The van der Waals surface area contributed by atoms with E-state index in [1.807, 2.05) is 0 Å². The quantitative estimate of drug-likeness (QED) is 0.197. The van der Waals surface area contributed by atoms with E-state index >= 15 is 0 Å². The molecule has 0 atom stereocenters. The van der Waals surface area contributed by atoms with E-state index in [0.717, 1.165) is 61.2 Å². The molecule has 0 unspecified atom stereocenters. The summed E-state index contributed by atoms with van der Waals surface area (Å²) in [5, 5.41) is 9.25. The molecule has 3 nitrogen and oxygen atoms in total. The number of hydrogen-bond donors (Lipinski definition) is 0. The largest absolute Gasteiger partial charge is 0.456 e. The Kier molecular flexibility index (Phi) is 5.34. The van der Waals surface area contributed by atoms with Crippen LogP contribution in [-0.2, 0) is 5.41 Å². The summed E-state index contributed by atoms with van der Waals surface area (Å²) in [5.41, 5.74) is 8.55. The number of benzene rings is 7. The van der Waals surface area contributed by atoms with Crippen LogP contribution in [0.4, 0.5) is 17.2 Å². The molecule has 0 saturated carbocycles. The Bertz CT molecular complexity index is 2680. The molecule has 0 N–H and O–H groups in total. The monoisotopic (exact) mass is 602 g/mol. The van der Waals surface area contributed by atoms with Crippen molar-refractivity contribution in [2.75, 3.05) is 4.90 Å². The molecule has 0 fully saturated rings. The van der Waals surface area contributed by atoms with E-state index in [2.05, 4.69) is 164 Å². The second kappa shape index (κ2) is 9.54. The second-order valence-corrected chi connectivity index (χ2v) is 13.2. The molecular formula is C44H30N2O. The van der Waals surface area contributed by atoms with Crippen molar-refractivity contribution in [2.24, 2.45) is 0 Å². The lowest BCUT2D eigenvalue weighted by molar-refractivity contribution is 0.631. The van der Waals surface area contributed by atoms with Crippen molar-refractivity contribution >= 4 is 71.4 Å². The first-order valence-corrected chi connectivity index (χ1v) is 16.2. The number of anilines is 3. The van der Waals surface area contributed by atoms with Crippen LogP contribution in [0.15, 0.2) is 150 Å². The number of rotatable bonds is 2. The minimum atomic E-state index is -0.156. The number of para-hydroxylation sites is 2. The molecule has 9 aromatic rings. The Balaban J connectivity index is 1.34. The first-order chi connectivity index (χ1) is 23.0. The average Bonchev–Trinajstić information content (AvgIpc) is 3.48. The Morgan fingerprint density at radius 3 is 1.85 bits per heavy atom. The van der Waals surface area contributed by atoms with E-state index in [-0.39, 0.29) is 5.41 Å². The van der Waals surface area contributed by atoms with Crippen LogP contribution in [0.5, 0.6) is 0 Å². The topological polar surface area (TPSA) is 29.3 Å². The van der Waals surface area contributed by atoms with E-state index in [4.69, 9.17) is 9.40 Å². The van der Waals surface area contributed by atoms with Crippen LogP contribution in [0.25, 0.3) is 65.5 Å². The van der Waals surface area contributed by atoms with Gasteiger partial charge in [0.2, 0.25) is 0 Å². The smallest absolute Gasteiger partial charge is 0.138 e. The van der Waals surface area contributed by atoms with Gasteiger partial charge in [0.05, 0.1) is 17.1 Å². The van der Waals surface area contributed by atoms with Crippen molar-refractivity contribution in [3.63, 3.8) is 0 Å². The number of nitrogens with zero attached hydrogens (tertiary/aromatic N) is 2. The van der Waals surface area contributed by atoms with Gasteiger partial charge in [0.15, 0.2) is 0 Å². The fourth-order valence-electron chi connectivity index (χ4n) is 7.86. The first kappa shape index (κ1) is 26.3. The fourth-order valence-corrected chi connectivity index (χ4v) is 7.86. The minimum Gasteiger partial charge on any atom is -0.456 e. The highest BCUT2D eigenvalue weighted by Gasteiger charge is 2.37. The normalized spacial score (nSPS) is 13.9. The third-order valence-corrected chi connectivity index (χ3v) is 10.2. The minimum absolute atomic E-state index is 0.156. The molecule has 2 aromatic heterocycles. The number of pyridine rings is 1. The van der Waals surface area contributed by atoms with Crippen LogP contribution in [-0.4, -0.2) is 4.98 Å². The van der Waals surface area contributed by atoms with Crippen molar-refractivity contribution in [2.45, 2.75) is 19.3 Å². The Morgan fingerprint density at radius 2 is 1.13 bits per heavy atom. The van der Waals surface area contributed by atoms with Gasteiger partial charge in [-0.2, -0.15) is 0 Å². The maximum Gasteiger partial charge on any atom is 0.138 e. The maximum atomic E-state index is 6.56. The molecule has 0 bridgehead atoms.